The van der Waals surface area contributed by atoms with Crippen LogP contribution >= 0.6 is 0 Å². The monoisotopic (exact) mass is 229 g/mol. The molecule has 0 radical (unpaired) electrons. The zero-order chi connectivity index (χ0) is 12.1. The Hall–Kier alpha value is -1.38. The van der Waals surface area contributed by atoms with E-state index >= 15 is 0 Å². The molecule has 0 saturated heterocycles. The molecule has 90 valence electrons. The van der Waals surface area contributed by atoms with Gasteiger partial charge < -0.3 is 10.8 Å². The maximum atomic E-state index is 8.77. The number of nitrogens with two attached hydrogens (primary N) is 1. The second kappa shape index (κ2) is 5.80. The zero-order valence-electron chi connectivity index (χ0n) is 9.97. The van der Waals surface area contributed by atoms with Crippen molar-refractivity contribution in [2.75, 3.05) is 6.61 Å². The highest BCUT2D eigenvalue weighted by atomic mass is 16.2. The SMILES string of the molecule is NC(CCCO)Cc1ccc2ccccc2c1. The summed E-state index contributed by atoms with van der Waals surface area (Å²) >= 11 is 0. The van der Waals surface area contributed by atoms with Gasteiger partial charge in [-0.15, -0.1) is 0 Å². The Morgan fingerprint density at radius 3 is 2.59 bits per heavy atom. The summed E-state index contributed by atoms with van der Waals surface area (Å²) in [7, 11) is 0. The smallest absolute Gasteiger partial charge is 0.0431 e. The number of benzene rings is 2. The number of aliphatic hydroxyl groups excluding tert-OH is 1. The normalized spacial score (nSPS) is 12.8. The summed E-state index contributed by atoms with van der Waals surface area (Å²) in [6.07, 6.45) is 2.54. The van der Waals surface area contributed by atoms with Crippen molar-refractivity contribution in [1.82, 2.24) is 0 Å². The first kappa shape index (κ1) is 12.1. The second-order valence-corrected chi connectivity index (χ2v) is 4.51. The third-order valence-corrected chi connectivity index (χ3v) is 3.04. The van der Waals surface area contributed by atoms with Crippen LogP contribution in [0.25, 0.3) is 10.8 Å². The third-order valence-electron chi connectivity index (χ3n) is 3.04. The van der Waals surface area contributed by atoms with Gasteiger partial charge in [-0.2, -0.15) is 0 Å². The first-order chi connectivity index (χ1) is 8.29. The number of rotatable bonds is 5. The van der Waals surface area contributed by atoms with Crippen LogP contribution in [-0.4, -0.2) is 17.8 Å². The fourth-order valence-electron chi connectivity index (χ4n) is 2.12. The fourth-order valence-corrected chi connectivity index (χ4v) is 2.12. The minimum atomic E-state index is 0.142. The lowest BCUT2D eigenvalue weighted by atomic mass is 10.00. The second-order valence-electron chi connectivity index (χ2n) is 4.51. The lowest BCUT2D eigenvalue weighted by Crippen LogP contribution is -2.22. The van der Waals surface area contributed by atoms with Crippen molar-refractivity contribution < 1.29 is 5.11 Å². The summed E-state index contributed by atoms with van der Waals surface area (Å²) in [5.74, 6) is 0. The average molecular weight is 229 g/mol. The van der Waals surface area contributed by atoms with E-state index in [4.69, 9.17) is 10.8 Å². The van der Waals surface area contributed by atoms with E-state index in [0.717, 1.165) is 19.3 Å². The van der Waals surface area contributed by atoms with E-state index in [1.165, 1.54) is 16.3 Å². The molecule has 0 aliphatic heterocycles. The van der Waals surface area contributed by atoms with Gasteiger partial charge in [0.1, 0.15) is 0 Å². The lowest BCUT2D eigenvalue weighted by Gasteiger charge is -2.11. The molecule has 1 unspecified atom stereocenters. The molecule has 0 spiro atoms. The van der Waals surface area contributed by atoms with E-state index in [-0.39, 0.29) is 12.6 Å². The molecule has 0 aromatic heterocycles. The van der Waals surface area contributed by atoms with Gasteiger partial charge in [0.05, 0.1) is 0 Å². The quantitative estimate of drug-likeness (QED) is 0.827. The first-order valence-corrected chi connectivity index (χ1v) is 6.13. The zero-order valence-corrected chi connectivity index (χ0v) is 9.97. The van der Waals surface area contributed by atoms with E-state index in [2.05, 4.69) is 42.5 Å². The molecule has 0 bridgehead atoms. The van der Waals surface area contributed by atoms with Crippen molar-refractivity contribution in [2.45, 2.75) is 25.3 Å². The Balaban J connectivity index is 2.08. The van der Waals surface area contributed by atoms with E-state index < -0.39 is 0 Å². The summed E-state index contributed by atoms with van der Waals surface area (Å²) < 4.78 is 0. The number of fused-ring (bicyclic) bond motifs is 1. The van der Waals surface area contributed by atoms with Gasteiger partial charge in [-0.25, -0.2) is 0 Å². The van der Waals surface area contributed by atoms with Gasteiger partial charge in [0.2, 0.25) is 0 Å². The molecule has 0 amide bonds. The van der Waals surface area contributed by atoms with Crippen LogP contribution in [0, 0.1) is 0 Å². The van der Waals surface area contributed by atoms with Gasteiger partial charge >= 0.3 is 0 Å². The maximum absolute atomic E-state index is 8.77. The highest BCUT2D eigenvalue weighted by molar-refractivity contribution is 5.82. The highest BCUT2D eigenvalue weighted by Crippen LogP contribution is 2.17. The molecule has 2 heteroatoms. The Bertz CT molecular complexity index is 481. The van der Waals surface area contributed by atoms with E-state index in [1.54, 1.807) is 0 Å². The van der Waals surface area contributed by atoms with E-state index in [9.17, 15) is 0 Å². The average Bonchev–Trinajstić information content (AvgIpc) is 2.36. The number of aliphatic hydroxyl groups is 1. The van der Waals surface area contributed by atoms with Crippen LogP contribution in [0.5, 0.6) is 0 Å². The molecular formula is C15H19NO. The summed E-state index contributed by atoms with van der Waals surface area (Å²) in [4.78, 5) is 0. The summed E-state index contributed by atoms with van der Waals surface area (Å²) in [6.45, 7) is 0.228. The predicted molar refractivity (Wildman–Crippen MR) is 71.9 cm³/mol. The molecule has 0 aliphatic rings. The molecule has 17 heavy (non-hydrogen) atoms. The largest absolute Gasteiger partial charge is 0.396 e. The fraction of sp³-hybridized carbons (Fsp3) is 0.333. The van der Waals surface area contributed by atoms with Gasteiger partial charge in [0.15, 0.2) is 0 Å². The van der Waals surface area contributed by atoms with Crippen LogP contribution in [0.1, 0.15) is 18.4 Å². The maximum Gasteiger partial charge on any atom is 0.0431 e. The Labute approximate surface area is 102 Å². The van der Waals surface area contributed by atoms with Gasteiger partial charge in [0.25, 0.3) is 0 Å². The molecule has 2 nitrogen and oxygen atoms in total. The van der Waals surface area contributed by atoms with Gasteiger partial charge in [-0.1, -0.05) is 42.5 Å². The third kappa shape index (κ3) is 3.29. The Kier molecular flexibility index (Phi) is 4.13. The summed E-state index contributed by atoms with van der Waals surface area (Å²) in [5.41, 5.74) is 7.30. The number of hydrogen-bond acceptors (Lipinski definition) is 2. The molecule has 3 N–H and O–H groups in total. The van der Waals surface area contributed by atoms with Crippen molar-refractivity contribution in [1.29, 1.82) is 0 Å². The summed E-state index contributed by atoms with van der Waals surface area (Å²) in [6, 6.07) is 15.0. The standard InChI is InChI=1S/C15H19NO/c16-15(6-3-9-17)11-12-7-8-13-4-1-2-5-14(13)10-12/h1-2,4-5,7-8,10,15,17H,3,6,9,11,16H2. The van der Waals surface area contributed by atoms with Gasteiger partial charge in [0, 0.05) is 12.6 Å². The van der Waals surface area contributed by atoms with Crippen molar-refractivity contribution in [2.24, 2.45) is 5.73 Å². The van der Waals surface area contributed by atoms with Crippen LogP contribution in [0.4, 0.5) is 0 Å². The molecule has 2 aromatic carbocycles. The van der Waals surface area contributed by atoms with Crippen LogP contribution in [0.15, 0.2) is 42.5 Å². The predicted octanol–water partition coefficient (Wildman–Crippen LogP) is 2.48. The lowest BCUT2D eigenvalue weighted by molar-refractivity contribution is 0.279. The summed E-state index contributed by atoms with van der Waals surface area (Å²) in [5, 5.41) is 11.3. The Morgan fingerprint density at radius 2 is 1.82 bits per heavy atom. The molecule has 0 aliphatic carbocycles. The van der Waals surface area contributed by atoms with Gasteiger partial charge in [-0.05, 0) is 35.6 Å². The minimum absolute atomic E-state index is 0.142. The topological polar surface area (TPSA) is 46.2 Å². The van der Waals surface area contributed by atoms with E-state index in [0.29, 0.717) is 0 Å². The van der Waals surface area contributed by atoms with Crippen molar-refractivity contribution >= 4 is 10.8 Å². The molecule has 2 rings (SSSR count). The molecule has 2 aromatic rings. The molecule has 0 heterocycles. The van der Waals surface area contributed by atoms with E-state index in [1.807, 2.05) is 0 Å². The molecular weight excluding hydrogens is 210 g/mol. The van der Waals surface area contributed by atoms with Crippen molar-refractivity contribution in [3.8, 4) is 0 Å². The van der Waals surface area contributed by atoms with Crippen molar-refractivity contribution in [3.63, 3.8) is 0 Å². The first-order valence-electron chi connectivity index (χ1n) is 6.13. The molecule has 0 saturated carbocycles. The van der Waals surface area contributed by atoms with Crippen LogP contribution in [0.2, 0.25) is 0 Å². The van der Waals surface area contributed by atoms with Gasteiger partial charge in [-0.3, -0.25) is 0 Å². The van der Waals surface area contributed by atoms with Crippen LogP contribution in [0.3, 0.4) is 0 Å². The number of hydrogen-bond donors (Lipinski definition) is 2. The minimum Gasteiger partial charge on any atom is -0.396 e. The Morgan fingerprint density at radius 1 is 1.06 bits per heavy atom. The van der Waals surface area contributed by atoms with Crippen molar-refractivity contribution in [3.05, 3.63) is 48.0 Å². The van der Waals surface area contributed by atoms with Crippen LogP contribution in [-0.2, 0) is 6.42 Å². The van der Waals surface area contributed by atoms with Crippen LogP contribution < -0.4 is 5.73 Å². The molecule has 0 fully saturated rings. The highest BCUT2D eigenvalue weighted by Gasteiger charge is 2.04. The molecule has 1 atom stereocenters.